The van der Waals surface area contributed by atoms with Crippen molar-refractivity contribution < 1.29 is 19.1 Å². The molecule has 0 fully saturated rings. The molecule has 2 unspecified atom stereocenters. The number of carbonyl (C=O) groups is 2. The van der Waals surface area contributed by atoms with Gasteiger partial charge in [-0.2, -0.15) is 0 Å². The molecule has 0 spiro atoms. The van der Waals surface area contributed by atoms with E-state index >= 15 is 0 Å². The van der Waals surface area contributed by atoms with Crippen molar-refractivity contribution >= 4 is 11.9 Å². The molecule has 0 bridgehead atoms. The molecule has 2 atom stereocenters. The smallest absolute Gasteiger partial charge is 0.305 e. The van der Waals surface area contributed by atoms with Crippen LogP contribution in [0.3, 0.4) is 0 Å². The maximum Gasteiger partial charge on any atom is 0.305 e. The van der Waals surface area contributed by atoms with Crippen LogP contribution in [0.25, 0.3) is 0 Å². The Kier molecular flexibility index (Phi) is 23.3. The van der Waals surface area contributed by atoms with E-state index in [1.807, 2.05) is 0 Å². The van der Waals surface area contributed by atoms with E-state index in [9.17, 15) is 9.59 Å². The molecule has 0 N–H and O–H groups in total. The van der Waals surface area contributed by atoms with Crippen LogP contribution in [0.5, 0.6) is 0 Å². The Hall–Kier alpha value is -1.06. The van der Waals surface area contributed by atoms with Crippen molar-refractivity contribution in [3.05, 3.63) is 0 Å². The van der Waals surface area contributed by atoms with Crippen LogP contribution >= 0.6 is 0 Å². The van der Waals surface area contributed by atoms with E-state index in [0.717, 1.165) is 38.5 Å². The quantitative estimate of drug-likeness (QED) is 0.105. The Labute approximate surface area is 206 Å². The molecule has 0 aliphatic carbocycles. The van der Waals surface area contributed by atoms with Crippen molar-refractivity contribution in [2.75, 3.05) is 13.2 Å². The summed E-state index contributed by atoms with van der Waals surface area (Å²) in [6, 6.07) is 0. The van der Waals surface area contributed by atoms with Crippen molar-refractivity contribution in [3.63, 3.8) is 0 Å². The number of ether oxygens (including phenoxy) is 2. The Balaban J connectivity index is 3.47. The molecule has 0 aromatic rings. The van der Waals surface area contributed by atoms with Gasteiger partial charge in [0.15, 0.2) is 0 Å². The average Bonchev–Trinajstić information content (AvgIpc) is 2.82. The highest BCUT2D eigenvalue weighted by molar-refractivity contribution is 5.69. The minimum Gasteiger partial charge on any atom is -0.465 e. The van der Waals surface area contributed by atoms with Crippen LogP contribution in [0, 0.1) is 11.8 Å². The zero-order chi connectivity index (χ0) is 24.6. The van der Waals surface area contributed by atoms with Gasteiger partial charge in [0.2, 0.25) is 0 Å². The normalized spacial score (nSPS) is 13.0. The lowest BCUT2D eigenvalue weighted by molar-refractivity contribution is -0.146. The van der Waals surface area contributed by atoms with Gasteiger partial charge in [-0.05, 0) is 37.5 Å². The molecule has 0 rings (SSSR count). The number of hydrogen-bond donors (Lipinski definition) is 0. The minimum absolute atomic E-state index is 0.0188. The standard InChI is InChI=1S/C29H56O4/c1-5-9-20-26(7-3)24-32-28(30)22-18-16-14-12-11-13-15-17-19-23-29(31)33-25-27(8-4)21-10-6-2/h26-27H,5-25H2,1-4H3. The van der Waals surface area contributed by atoms with Crippen LogP contribution in [-0.2, 0) is 19.1 Å². The molecule has 0 radical (unpaired) electrons. The molecule has 0 heterocycles. The molecule has 196 valence electrons. The van der Waals surface area contributed by atoms with Gasteiger partial charge in [-0.25, -0.2) is 0 Å². The van der Waals surface area contributed by atoms with E-state index in [-0.39, 0.29) is 11.9 Å². The predicted molar refractivity (Wildman–Crippen MR) is 139 cm³/mol. The molecular formula is C29H56O4. The van der Waals surface area contributed by atoms with Gasteiger partial charge in [0.25, 0.3) is 0 Å². The summed E-state index contributed by atoms with van der Waals surface area (Å²) in [5.74, 6) is 1.02. The first-order chi connectivity index (χ1) is 16.1. The predicted octanol–water partition coefficient (Wildman–Crippen LogP) is 8.80. The molecule has 4 nitrogen and oxygen atoms in total. The van der Waals surface area contributed by atoms with Gasteiger partial charge in [-0.1, -0.05) is 111 Å². The molecule has 0 amide bonds. The van der Waals surface area contributed by atoms with Crippen LogP contribution in [0.15, 0.2) is 0 Å². The van der Waals surface area contributed by atoms with E-state index in [2.05, 4.69) is 27.7 Å². The Morgan fingerprint density at radius 2 is 0.848 bits per heavy atom. The lowest BCUT2D eigenvalue weighted by atomic mass is 10.0. The first kappa shape index (κ1) is 31.9. The highest BCUT2D eigenvalue weighted by Gasteiger charge is 2.11. The lowest BCUT2D eigenvalue weighted by Gasteiger charge is -2.14. The summed E-state index contributed by atoms with van der Waals surface area (Å²) in [7, 11) is 0. The molecule has 0 aromatic carbocycles. The largest absolute Gasteiger partial charge is 0.465 e. The molecule has 0 aromatic heterocycles. The topological polar surface area (TPSA) is 52.6 Å². The van der Waals surface area contributed by atoms with Gasteiger partial charge in [0.1, 0.15) is 0 Å². The zero-order valence-electron chi connectivity index (χ0n) is 22.6. The summed E-state index contributed by atoms with van der Waals surface area (Å²) in [6.07, 6.45) is 20.8. The third kappa shape index (κ3) is 21.2. The van der Waals surface area contributed by atoms with Crippen LogP contribution < -0.4 is 0 Å². The fourth-order valence-electron chi connectivity index (χ4n) is 4.14. The van der Waals surface area contributed by atoms with Gasteiger partial charge in [0.05, 0.1) is 13.2 Å². The van der Waals surface area contributed by atoms with Gasteiger partial charge in [-0.3, -0.25) is 9.59 Å². The summed E-state index contributed by atoms with van der Waals surface area (Å²) in [6.45, 7) is 9.97. The number of hydrogen-bond acceptors (Lipinski definition) is 4. The van der Waals surface area contributed by atoms with Crippen LogP contribution in [0.1, 0.15) is 150 Å². The van der Waals surface area contributed by atoms with Crippen molar-refractivity contribution in [1.29, 1.82) is 0 Å². The second-order valence-electron chi connectivity index (χ2n) is 9.88. The third-order valence-corrected chi connectivity index (χ3v) is 6.81. The number of rotatable bonds is 24. The fourth-order valence-corrected chi connectivity index (χ4v) is 4.14. The summed E-state index contributed by atoms with van der Waals surface area (Å²) < 4.78 is 10.9. The second-order valence-corrected chi connectivity index (χ2v) is 9.88. The van der Waals surface area contributed by atoms with E-state index in [0.29, 0.717) is 37.9 Å². The van der Waals surface area contributed by atoms with Gasteiger partial charge in [-0.15, -0.1) is 0 Å². The summed E-state index contributed by atoms with van der Waals surface area (Å²) in [5, 5.41) is 0. The SMILES string of the molecule is CCCCC(CC)COC(=O)CCCCCCCCCCCC(=O)OCC(CC)CCCC. The van der Waals surface area contributed by atoms with E-state index in [4.69, 9.17) is 9.47 Å². The summed E-state index contributed by atoms with van der Waals surface area (Å²) >= 11 is 0. The number of esters is 2. The first-order valence-corrected chi connectivity index (χ1v) is 14.4. The molecule has 33 heavy (non-hydrogen) atoms. The van der Waals surface area contributed by atoms with Gasteiger partial charge in [0, 0.05) is 12.8 Å². The highest BCUT2D eigenvalue weighted by atomic mass is 16.5. The fraction of sp³-hybridized carbons (Fsp3) is 0.931. The maximum atomic E-state index is 11.9. The zero-order valence-corrected chi connectivity index (χ0v) is 22.6. The summed E-state index contributed by atoms with van der Waals surface area (Å²) in [5.41, 5.74) is 0. The average molecular weight is 469 g/mol. The monoisotopic (exact) mass is 468 g/mol. The van der Waals surface area contributed by atoms with Crippen molar-refractivity contribution in [2.45, 2.75) is 150 Å². The maximum absolute atomic E-state index is 11.9. The van der Waals surface area contributed by atoms with Crippen molar-refractivity contribution in [3.8, 4) is 0 Å². The molecule has 0 saturated carbocycles. The molecule has 0 aliphatic rings. The highest BCUT2D eigenvalue weighted by Crippen LogP contribution is 2.16. The molecule has 0 aliphatic heterocycles. The number of unbranched alkanes of at least 4 members (excludes halogenated alkanes) is 10. The van der Waals surface area contributed by atoms with Gasteiger partial charge >= 0.3 is 11.9 Å². The van der Waals surface area contributed by atoms with Gasteiger partial charge < -0.3 is 9.47 Å². The van der Waals surface area contributed by atoms with Crippen LogP contribution in [-0.4, -0.2) is 25.2 Å². The van der Waals surface area contributed by atoms with Crippen molar-refractivity contribution in [2.24, 2.45) is 11.8 Å². The summed E-state index contributed by atoms with van der Waals surface area (Å²) in [4.78, 5) is 23.8. The van der Waals surface area contributed by atoms with E-state index in [1.54, 1.807) is 0 Å². The molecule has 0 saturated heterocycles. The van der Waals surface area contributed by atoms with Crippen molar-refractivity contribution in [1.82, 2.24) is 0 Å². The van der Waals surface area contributed by atoms with E-state index < -0.39 is 0 Å². The number of carbonyl (C=O) groups excluding carboxylic acids is 2. The van der Waals surface area contributed by atoms with Crippen LogP contribution in [0.2, 0.25) is 0 Å². The Bertz CT molecular complexity index is 409. The Morgan fingerprint density at radius 1 is 0.515 bits per heavy atom. The molecule has 4 heteroatoms. The lowest BCUT2D eigenvalue weighted by Crippen LogP contribution is -2.13. The second kappa shape index (κ2) is 24.1. The Morgan fingerprint density at radius 3 is 1.15 bits per heavy atom. The first-order valence-electron chi connectivity index (χ1n) is 14.4. The van der Waals surface area contributed by atoms with Crippen LogP contribution in [0.4, 0.5) is 0 Å². The minimum atomic E-state index is -0.0188. The third-order valence-electron chi connectivity index (χ3n) is 6.81. The molecular weight excluding hydrogens is 412 g/mol. The van der Waals surface area contributed by atoms with E-state index in [1.165, 1.54) is 70.6 Å².